The Hall–Kier alpha value is -1.20. The molecular weight excluding hydrogens is 343 g/mol. The van der Waals surface area contributed by atoms with Crippen LogP contribution in [0.2, 0.25) is 5.02 Å². The van der Waals surface area contributed by atoms with Crippen molar-refractivity contribution in [3.8, 4) is 0 Å². The van der Waals surface area contributed by atoms with Crippen molar-refractivity contribution in [1.82, 2.24) is 0 Å². The molecule has 0 bridgehead atoms. The highest BCUT2D eigenvalue weighted by Gasteiger charge is 2.12. The van der Waals surface area contributed by atoms with Crippen LogP contribution in [-0.4, -0.2) is 0 Å². The third-order valence-electron chi connectivity index (χ3n) is 2.53. The first-order valence-corrected chi connectivity index (χ1v) is 6.47. The quantitative estimate of drug-likeness (QED) is 0.757. The van der Waals surface area contributed by atoms with Crippen molar-refractivity contribution >= 4 is 33.2 Å². The molecule has 2 aromatic carbocycles. The van der Waals surface area contributed by atoms with Crippen molar-refractivity contribution < 1.29 is 13.2 Å². The number of anilines is 1. The molecule has 0 atom stereocenters. The van der Waals surface area contributed by atoms with Crippen LogP contribution >= 0.6 is 27.5 Å². The van der Waals surface area contributed by atoms with Crippen LogP contribution in [0.4, 0.5) is 18.9 Å². The predicted molar refractivity (Wildman–Crippen MR) is 72.8 cm³/mol. The zero-order chi connectivity index (χ0) is 14.0. The maximum atomic E-state index is 13.7. The largest absolute Gasteiger partial charge is 0.381 e. The predicted octanol–water partition coefficient (Wildman–Crippen LogP) is 5.13. The second-order valence-electron chi connectivity index (χ2n) is 3.80. The van der Waals surface area contributed by atoms with Crippen LogP contribution < -0.4 is 5.32 Å². The van der Waals surface area contributed by atoms with Gasteiger partial charge in [0.1, 0.15) is 17.5 Å². The first kappa shape index (κ1) is 14.2. The van der Waals surface area contributed by atoms with Crippen LogP contribution in [0.3, 0.4) is 0 Å². The fraction of sp³-hybridized carbons (Fsp3) is 0.0769. The van der Waals surface area contributed by atoms with Gasteiger partial charge in [-0.25, -0.2) is 13.2 Å². The summed E-state index contributed by atoms with van der Waals surface area (Å²) in [6.45, 7) is -0.0990. The Balaban J connectivity index is 2.19. The fourth-order valence-corrected chi connectivity index (χ4v) is 2.02. The molecule has 0 heterocycles. The summed E-state index contributed by atoms with van der Waals surface area (Å²) in [7, 11) is 0. The summed E-state index contributed by atoms with van der Waals surface area (Å²) in [4.78, 5) is 0. The molecule has 2 rings (SSSR count). The molecule has 0 spiro atoms. The summed E-state index contributed by atoms with van der Waals surface area (Å²) >= 11 is 8.52. The Labute approximate surface area is 121 Å². The minimum Gasteiger partial charge on any atom is -0.381 e. The number of rotatable bonds is 3. The van der Waals surface area contributed by atoms with Gasteiger partial charge in [-0.05, 0) is 46.3 Å². The lowest BCUT2D eigenvalue weighted by Crippen LogP contribution is -2.05. The molecule has 0 aliphatic carbocycles. The van der Waals surface area contributed by atoms with Crippen LogP contribution in [0, 0.1) is 17.5 Å². The van der Waals surface area contributed by atoms with Crippen molar-refractivity contribution in [3.05, 3.63) is 62.8 Å². The Morgan fingerprint density at radius 2 is 1.79 bits per heavy atom. The smallest absolute Gasteiger partial charge is 0.145 e. The lowest BCUT2D eigenvalue weighted by atomic mass is 10.2. The molecule has 0 saturated carbocycles. The van der Waals surface area contributed by atoms with Gasteiger partial charge in [-0.15, -0.1) is 0 Å². The minimum absolute atomic E-state index is 0.00892. The molecule has 0 aliphatic rings. The maximum Gasteiger partial charge on any atom is 0.145 e. The lowest BCUT2D eigenvalue weighted by Gasteiger charge is -2.10. The highest BCUT2D eigenvalue weighted by molar-refractivity contribution is 9.10. The minimum atomic E-state index is -0.679. The van der Waals surface area contributed by atoms with Crippen molar-refractivity contribution in [2.75, 3.05) is 5.32 Å². The normalized spacial score (nSPS) is 10.6. The summed E-state index contributed by atoms with van der Waals surface area (Å²) in [6, 6.07) is 6.50. The van der Waals surface area contributed by atoms with Gasteiger partial charge in [0.05, 0.1) is 9.50 Å². The van der Waals surface area contributed by atoms with E-state index in [-0.39, 0.29) is 21.6 Å². The van der Waals surface area contributed by atoms with E-state index >= 15 is 0 Å². The van der Waals surface area contributed by atoms with Gasteiger partial charge in [0, 0.05) is 17.8 Å². The van der Waals surface area contributed by atoms with Gasteiger partial charge in [-0.1, -0.05) is 11.6 Å². The van der Waals surface area contributed by atoms with E-state index in [9.17, 15) is 13.2 Å². The van der Waals surface area contributed by atoms with Crippen LogP contribution in [0.1, 0.15) is 5.56 Å². The summed E-state index contributed by atoms with van der Waals surface area (Å²) in [5, 5.41) is 2.73. The van der Waals surface area contributed by atoms with E-state index in [0.717, 1.165) is 12.1 Å². The van der Waals surface area contributed by atoms with Gasteiger partial charge in [0.15, 0.2) is 0 Å². The highest BCUT2D eigenvalue weighted by Crippen LogP contribution is 2.23. The third-order valence-corrected chi connectivity index (χ3v) is 3.45. The number of nitrogens with one attached hydrogen (secondary N) is 1. The summed E-state index contributed by atoms with van der Waals surface area (Å²) in [6.07, 6.45) is 0. The zero-order valence-corrected chi connectivity index (χ0v) is 11.8. The molecule has 0 fully saturated rings. The number of hydrogen-bond acceptors (Lipinski definition) is 1. The van der Waals surface area contributed by atoms with Gasteiger partial charge in [-0.2, -0.15) is 0 Å². The van der Waals surface area contributed by atoms with Gasteiger partial charge >= 0.3 is 0 Å². The van der Waals surface area contributed by atoms with Crippen molar-refractivity contribution in [1.29, 1.82) is 0 Å². The summed E-state index contributed by atoms with van der Waals surface area (Å²) in [5.74, 6) is -1.94. The number of hydrogen-bond donors (Lipinski definition) is 1. The van der Waals surface area contributed by atoms with Crippen LogP contribution in [0.5, 0.6) is 0 Å². The Morgan fingerprint density at radius 1 is 1.05 bits per heavy atom. The van der Waals surface area contributed by atoms with Crippen molar-refractivity contribution in [3.63, 3.8) is 0 Å². The average Bonchev–Trinajstić information content (AvgIpc) is 2.38. The SMILES string of the molecule is Fc1cc(NCc2c(F)ccc(Br)c2F)ccc1Cl. The van der Waals surface area contributed by atoms with E-state index in [0.29, 0.717) is 5.69 Å². The second-order valence-corrected chi connectivity index (χ2v) is 5.07. The summed E-state index contributed by atoms with van der Waals surface area (Å²) < 4.78 is 40.5. The molecule has 19 heavy (non-hydrogen) atoms. The molecule has 1 N–H and O–H groups in total. The van der Waals surface area contributed by atoms with E-state index < -0.39 is 17.5 Å². The number of benzene rings is 2. The Morgan fingerprint density at radius 3 is 2.47 bits per heavy atom. The molecule has 0 saturated heterocycles. The molecule has 0 amide bonds. The van der Waals surface area contributed by atoms with E-state index in [1.807, 2.05) is 0 Å². The first-order chi connectivity index (χ1) is 8.99. The van der Waals surface area contributed by atoms with Gasteiger partial charge in [-0.3, -0.25) is 0 Å². The van der Waals surface area contributed by atoms with E-state index in [1.54, 1.807) is 0 Å². The fourth-order valence-electron chi connectivity index (χ4n) is 1.53. The monoisotopic (exact) mass is 349 g/mol. The average molecular weight is 351 g/mol. The zero-order valence-electron chi connectivity index (χ0n) is 9.48. The van der Waals surface area contributed by atoms with Crippen LogP contribution in [0.15, 0.2) is 34.8 Å². The number of halogens is 5. The van der Waals surface area contributed by atoms with Crippen LogP contribution in [0.25, 0.3) is 0 Å². The molecule has 0 aromatic heterocycles. The molecule has 0 aliphatic heterocycles. The molecule has 1 nitrogen and oxygen atoms in total. The Kier molecular flexibility index (Phi) is 4.37. The Bertz CT molecular complexity index is 619. The molecule has 100 valence electrons. The first-order valence-electron chi connectivity index (χ1n) is 5.30. The van der Waals surface area contributed by atoms with Gasteiger partial charge in [0.25, 0.3) is 0 Å². The topological polar surface area (TPSA) is 12.0 Å². The second kappa shape index (κ2) is 5.84. The van der Waals surface area contributed by atoms with Gasteiger partial charge < -0.3 is 5.32 Å². The molecule has 2 aromatic rings. The summed E-state index contributed by atoms with van der Waals surface area (Å²) in [5.41, 5.74) is 0.269. The van der Waals surface area contributed by atoms with E-state index in [4.69, 9.17) is 11.6 Å². The molecule has 6 heteroatoms. The molecule has 0 radical (unpaired) electrons. The highest BCUT2D eigenvalue weighted by atomic mass is 79.9. The van der Waals surface area contributed by atoms with Crippen LogP contribution in [-0.2, 0) is 6.54 Å². The maximum absolute atomic E-state index is 13.7. The van der Waals surface area contributed by atoms with E-state index in [1.165, 1.54) is 18.2 Å². The van der Waals surface area contributed by atoms with Gasteiger partial charge in [0.2, 0.25) is 0 Å². The standard InChI is InChI=1S/C13H8BrClF3N/c14-9-2-4-11(16)8(13(9)18)6-19-7-1-3-10(15)12(17)5-7/h1-5,19H,6H2. The molecular formula is C13H8BrClF3N. The van der Waals surface area contributed by atoms with E-state index in [2.05, 4.69) is 21.2 Å². The van der Waals surface area contributed by atoms with Crippen molar-refractivity contribution in [2.45, 2.75) is 6.54 Å². The lowest BCUT2D eigenvalue weighted by molar-refractivity contribution is 0.555. The third kappa shape index (κ3) is 3.22. The van der Waals surface area contributed by atoms with Crippen molar-refractivity contribution in [2.24, 2.45) is 0 Å². The molecule has 0 unspecified atom stereocenters.